The fourth-order valence-electron chi connectivity index (χ4n) is 3.41. The van der Waals surface area contributed by atoms with Gasteiger partial charge in [0.15, 0.2) is 0 Å². The van der Waals surface area contributed by atoms with Gasteiger partial charge in [-0.05, 0) is 35.0 Å². The van der Waals surface area contributed by atoms with Crippen molar-refractivity contribution in [2.75, 3.05) is 0 Å². The summed E-state index contributed by atoms with van der Waals surface area (Å²) >= 11 is 0. The Hall–Kier alpha value is -3.53. The summed E-state index contributed by atoms with van der Waals surface area (Å²) in [5, 5.41) is 13.2. The van der Waals surface area contributed by atoms with Crippen LogP contribution in [0, 0.1) is 0 Å². The number of carbonyl (C=O) groups is 1. The molecule has 0 radical (unpaired) electrons. The summed E-state index contributed by atoms with van der Waals surface area (Å²) in [5.74, 6) is -0.947. The molecule has 0 atom stereocenters. The Morgan fingerprint density at radius 2 is 1.24 bits per heavy atom. The average molecular weight is 324 g/mol. The minimum Gasteiger partial charge on any atom is -0.478 e. The van der Waals surface area contributed by atoms with Gasteiger partial charge >= 0.3 is 5.97 Å². The van der Waals surface area contributed by atoms with Gasteiger partial charge in [0.25, 0.3) is 0 Å². The van der Waals surface area contributed by atoms with E-state index in [1.807, 2.05) is 54.6 Å². The lowest BCUT2D eigenvalue weighted by molar-refractivity contribution is 0.0697. The molecule has 1 N–H and O–H groups in total. The molecule has 5 aromatic rings. The van der Waals surface area contributed by atoms with E-state index in [0.29, 0.717) is 0 Å². The van der Waals surface area contributed by atoms with E-state index in [9.17, 15) is 9.90 Å². The number of hydrogen-bond donors (Lipinski definition) is 1. The number of aromatic nitrogens is 2. The number of benzene rings is 4. The molecule has 0 unspecified atom stereocenters. The van der Waals surface area contributed by atoms with Gasteiger partial charge in [0.1, 0.15) is 0 Å². The summed E-state index contributed by atoms with van der Waals surface area (Å²) in [7, 11) is 0. The van der Waals surface area contributed by atoms with Gasteiger partial charge < -0.3 is 5.11 Å². The highest BCUT2D eigenvalue weighted by molar-refractivity contribution is 6.24. The van der Waals surface area contributed by atoms with Crippen LogP contribution in [0.25, 0.3) is 43.6 Å². The molecule has 5 rings (SSSR count). The maximum Gasteiger partial charge on any atom is 0.335 e. The molecule has 0 aliphatic carbocycles. The molecule has 0 aliphatic heterocycles. The molecule has 0 amide bonds. The molecule has 4 aromatic carbocycles. The fourth-order valence-corrected chi connectivity index (χ4v) is 3.41. The number of aromatic carboxylic acids is 1. The van der Waals surface area contributed by atoms with Gasteiger partial charge in [0.05, 0.1) is 27.6 Å². The Morgan fingerprint density at radius 3 is 1.92 bits per heavy atom. The molecule has 0 saturated carbocycles. The maximum absolute atomic E-state index is 11.4. The number of carboxylic acids is 1. The van der Waals surface area contributed by atoms with Crippen molar-refractivity contribution in [3.05, 3.63) is 72.3 Å². The SMILES string of the molecule is O=C(O)c1ccc2c3ccccc3c3nc4ccccc4nc3c2c1. The Balaban J connectivity index is 2.10. The zero-order valence-corrected chi connectivity index (χ0v) is 13.1. The predicted molar refractivity (Wildman–Crippen MR) is 99.0 cm³/mol. The Labute approximate surface area is 142 Å². The molecular weight excluding hydrogens is 312 g/mol. The highest BCUT2D eigenvalue weighted by Crippen LogP contribution is 2.34. The lowest BCUT2D eigenvalue weighted by atomic mass is 9.97. The molecule has 25 heavy (non-hydrogen) atoms. The van der Waals surface area contributed by atoms with Crippen molar-refractivity contribution < 1.29 is 9.90 Å². The summed E-state index contributed by atoms with van der Waals surface area (Å²) < 4.78 is 0. The largest absolute Gasteiger partial charge is 0.478 e. The number of rotatable bonds is 1. The van der Waals surface area contributed by atoms with Crippen molar-refractivity contribution in [1.82, 2.24) is 9.97 Å². The molecule has 0 aliphatic rings. The molecule has 0 fully saturated rings. The van der Waals surface area contributed by atoms with Crippen LogP contribution in [-0.4, -0.2) is 21.0 Å². The second-order valence-electron chi connectivity index (χ2n) is 6.02. The third kappa shape index (κ3) is 1.97. The molecule has 4 heteroatoms. The first-order chi connectivity index (χ1) is 12.2. The molecule has 118 valence electrons. The lowest BCUT2D eigenvalue weighted by Gasteiger charge is -2.10. The van der Waals surface area contributed by atoms with Gasteiger partial charge in [-0.25, -0.2) is 14.8 Å². The predicted octanol–water partition coefficient (Wildman–Crippen LogP) is 4.79. The average Bonchev–Trinajstić information content (AvgIpc) is 2.66. The summed E-state index contributed by atoms with van der Waals surface area (Å²) in [6.45, 7) is 0. The summed E-state index contributed by atoms with van der Waals surface area (Å²) in [6.07, 6.45) is 0. The summed E-state index contributed by atoms with van der Waals surface area (Å²) in [6, 6.07) is 20.9. The van der Waals surface area contributed by atoms with Gasteiger partial charge in [-0.1, -0.05) is 42.5 Å². The zero-order chi connectivity index (χ0) is 17.0. The monoisotopic (exact) mass is 324 g/mol. The Bertz CT molecular complexity index is 1330. The first-order valence-electron chi connectivity index (χ1n) is 7.96. The van der Waals surface area contributed by atoms with E-state index in [2.05, 4.69) is 0 Å². The van der Waals surface area contributed by atoms with Gasteiger partial charge in [0, 0.05) is 10.8 Å². The highest BCUT2D eigenvalue weighted by Gasteiger charge is 2.14. The molecule has 1 aromatic heterocycles. The summed E-state index contributed by atoms with van der Waals surface area (Å²) in [5.41, 5.74) is 3.40. The van der Waals surface area contributed by atoms with Crippen molar-refractivity contribution in [3.8, 4) is 0 Å². The Kier molecular flexibility index (Phi) is 2.76. The van der Waals surface area contributed by atoms with E-state index >= 15 is 0 Å². The molecule has 0 bridgehead atoms. The van der Waals surface area contributed by atoms with Gasteiger partial charge in [0.2, 0.25) is 0 Å². The number of nitrogens with zero attached hydrogens (tertiary/aromatic N) is 2. The van der Waals surface area contributed by atoms with Crippen molar-refractivity contribution in [2.45, 2.75) is 0 Å². The molecule has 4 nitrogen and oxygen atoms in total. The third-order valence-corrected chi connectivity index (χ3v) is 4.56. The second kappa shape index (κ2) is 4.98. The second-order valence-corrected chi connectivity index (χ2v) is 6.02. The van der Waals surface area contributed by atoms with Gasteiger partial charge in [-0.15, -0.1) is 0 Å². The molecule has 0 saturated heterocycles. The van der Waals surface area contributed by atoms with Crippen LogP contribution in [0.5, 0.6) is 0 Å². The van der Waals surface area contributed by atoms with Crippen LogP contribution < -0.4 is 0 Å². The quantitative estimate of drug-likeness (QED) is 0.356. The van der Waals surface area contributed by atoms with Crippen molar-refractivity contribution in [2.24, 2.45) is 0 Å². The first kappa shape index (κ1) is 13.9. The normalized spacial score (nSPS) is 11.5. The van der Waals surface area contributed by atoms with E-state index in [1.165, 1.54) is 0 Å². The number of para-hydroxylation sites is 2. The third-order valence-electron chi connectivity index (χ3n) is 4.56. The summed E-state index contributed by atoms with van der Waals surface area (Å²) in [4.78, 5) is 21.0. The minimum absolute atomic E-state index is 0.249. The van der Waals surface area contributed by atoms with Crippen LogP contribution in [0.4, 0.5) is 0 Å². The van der Waals surface area contributed by atoms with E-state index in [1.54, 1.807) is 12.1 Å². The molecule has 0 spiro atoms. The maximum atomic E-state index is 11.4. The van der Waals surface area contributed by atoms with Gasteiger partial charge in [-0.2, -0.15) is 0 Å². The van der Waals surface area contributed by atoms with Crippen LogP contribution in [0.2, 0.25) is 0 Å². The van der Waals surface area contributed by atoms with Crippen LogP contribution in [-0.2, 0) is 0 Å². The number of hydrogen-bond acceptors (Lipinski definition) is 3. The van der Waals surface area contributed by atoms with E-state index in [0.717, 1.165) is 43.6 Å². The lowest BCUT2D eigenvalue weighted by Crippen LogP contribution is -1.97. The topological polar surface area (TPSA) is 63.1 Å². The number of fused-ring (bicyclic) bond motifs is 7. The first-order valence-corrected chi connectivity index (χ1v) is 7.96. The van der Waals surface area contributed by atoms with Crippen LogP contribution >= 0.6 is 0 Å². The van der Waals surface area contributed by atoms with Crippen molar-refractivity contribution in [3.63, 3.8) is 0 Å². The Morgan fingerprint density at radius 1 is 0.680 bits per heavy atom. The molecule has 1 heterocycles. The molecular formula is C21H12N2O2. The van der Waals surface area contributed by atoms with Crippen LogP contribution in [0.3, 0.4) is 0 Å². The van der Waals surface area contributed by atoms with Crippen molar-refractivity contribution >= 4 is 49.6 Å². The van der Waals surface area contributed by atoms with Crippen molar-refractivity contribution in [1.29, 1.82) is 0 Å². The van der Waals surface area contributed by atoms with Crippen LogP contribution in [0.1, 0.15) is 10.4 Å². The van der Waals surface area contributed by atoms with E-state index < -0.39 is 5.97 Å². The van der Waals surface area contributed by atoms with E-state index in [4.69, 9.17) is 9.97 Å². The zero-order valence-electron chi connectivity index (χ0n) is 13.1. The van der Waals surface area contributed by atoms with Gasteiger partial charge in [-0.3, -0.25) is 0 Å². The van der Waals surface area contributed by atoms with Crippen LogP contribution in [0.15, 0.2) is 66.7 Å². The number of carboxylic acid groups (broad SMARTS) is 1. The highest BCUT2D eigenvalue weighted by atomic mass is 16.4. The van der Waals surface area contributed by atoms with E-state index in [-0.39, 0.29) is 5.56 Å². The fraction of sp³-hybridized carbons (Fsp3) is 0. The smallest absolute Gasteiger partial charge is 0.335 e. The minimum atomic E-state index is -0.947. The standard InChI is InChI=1S/C21H12N2O2/c24-21(25)12-9-10-14-13-5-1-2-6-15(13)19-20(16(14)11-12)23-18-8-4-3-7-17(18)22-19/h1-11H,(H,24,25).